The zero-order chi connectivity index (χ0) is 14.7. The quantitative estimate of drug-likeness (QED) is 0.671. The second-order valence-corrected chi connectivity index (χ2v) is 4.98. The standard InChI is InChI=1S/C16H18N2O2/c1-11-5-4-6-12(2)15(11)10-17-14-7-8-16(18(19)20)13(3)9-14/h4-9,17H,10H2,1-3H3. The van der Waals surface area contributed by atoms with Crippen molar-refractivity contribution >= 4 is 11.4 Å². The van der Waals surface area contributed by atoms with Crippen LogP contribution in [0.3, 0.4) is 0 Å². The highest BCUT2D eigenvalue weighted by Crippen LogP contribution is 2.22. The Morgan fingerprint density at radius 3 is 2.25 bits per heavy atom. The first-order valence-corrected chi connectivity index (χ1v) is 6.53. The summed E-state index contributed by atoms with van der Waals surface area (Å²) in [5.41, 5.74) is 5.48. The molecule has 0 heterocycles. The maximum absolute atomic E-state index is 10.8. The molecule has 0 aliphatic carbocycles. The van der Waals surface area contributed by atoms with Crippen LogP contribution in [0, 0.1) is 30.9 Å². The van der Waals surface area contributed by atoms with Crippen LogP contribution in [0.15, 0.2) is 36.4 Å². The predicted molar refractivity (Wildman–Crippen MR) is 81.1 cm³/mol. The van der Waals surface area contributed by atoms with Gasteiger partial charge in [0.25, 0.3) is 5.69 Å². The van der Waals surface area contributed by atoms with Crippen molar-refractivity contribution in [3.05, 3.63) is 68.8 Å². The van der Waals surface area contributed by atoms with Gasteiger partial charge in [0.15, 0.2) is 0 Å². The fourth-order valence-corrected chi connectivity index (χ4v) is 2.29. The Hall–Kier alpha value is -2.36. The van der Waals surface area contributed by atoms with Gasteiger partial charge in [-0.3, -0.25) is 10.1 Å². The minimum absolute atomic E-state index is 0.155. The predicted octanol–water partition coefficient (Wildman–Crippen LogP) is 4.13. The summed E-state index contributed by atoms with van der Waals surface area (Å²) in [6, 6.07) is 11.3. The van der Waals surface area contributed by atoms with Crippen LogP contribution < -0.4 is 5.32 Å². The third-order valence-electron chi connectivity index (χ3n) is 3.51. The molecule has 1 N–H and O–H groups in total. The molecule has 0 fully saturated rings. The third-order valence-corrected chi connectivity index (χ3v) is 3.51. The lowest BCUT2D eigenvalue weighted by atomic mass is 10.0. The molecule has 0 saturated carbocycles. The molecule has 0 spiro atoms. The van der Waals surface area contributed by atoms with E-state index in [4.69, 9.17) is 0 Å². The average molecular weight is 270 g/mol. The Morgan fingerprint density at radius 1 is 1.05 bits per heavy atom. The highest BCUT2D eigenvalue weighted by molar-refractivity contribution is 5.54. The molecule has 0 bridgehead atoms. The molecule has 104 valence electrons. The minimum atomic E-state index is -0.357. The van der Waals surface area contributed by atoms with Gasteiger partial charge in [0.05, 0.1) is 4.92 Å². The molecule has 2 aromatic carbocycles. The van der Waals surface area contributed by atoms with Gasteiger partial charge in [-0.15, -0.1) is 0 Å². The molecule has 0 amide bonds. The first-order chi connectivity index (χ1) is 9.49. The summed E-state index contributed by atoms with van der Waals surface area (Å²) in [7, 11) is 0. The zero-order valence-electron chi connectivity index (χ0n) is 11.9. The van der Waals surface area contributed by atoms with Crippen LogP contribution in [0.4, 0.5) is 11.4 Å². The van der Waals surface area contributed by atoms with Gasteiger partial charge in [0.2, 0.25) is 0 Å². The summed E-state index contributed by atoms with van der Waals surface area (Å²) >= 11 is 0. The number of benzene rings is 2. The number of nitro benzene ring substituents is 1. The smallest absolute Gasteiger partial charge is 0.272 e. The van der Waals surface area contributed by atoms with Gasteiger partial charge in [0.1, 0.15) is 0 Å². The number of rotatable bonds is 4. The molecule has 0 aromatic heterocycles. The van der Waals surface area contributed by atoms with Crippen molar-refractivity contribution in [2.24, 2.45) is 0 Å². The van der Waals surface area contributed by atoms with Crippen LogP contribution in [-0.2, 0) is 6.54 Å². The summed E-state index contributed by atoms with van der Waals surface area (Å²) in [6.07, 6.45) is 0. The van der Waals surface area contributed by atoms with Crippen LogP contribution in [0.25, 0.3) is 0 Å². The Bertz CT molecular complexity index is 631. The van der Waals surface area contributed by atoms with Gasteiger partial charge >= 0.3 is 0 Å². The van der Waals surface area contributed by atoms with E-state index >= 15 is 0 Å². The highest BCUT2D eigenvalue weighted by atomic mass is 16.6. The summed E-state index contributed by atoms with van der Waals surface area (Å²) in [4.78, 5) is 10.4. The molecular weight excluding hydrogens is 252 g/mol. The number of aryl methyl sites for hydroxylation is 3. The molecular formula is C16H18N2O2. The molecule has 4 heteroatoms. The molecule has 0 atom stereocenters. The van der Waals surface area contributed by atoms with Gasteiger partial charge in [0, 0.05) is 23.9 Å². The fourth-order valence-electron chi connectivity index (χ4n) is 2.29. The number of anilines is 1. The van der Waals surface area contributed by atoms with E-state index in [1.165, 1.54) is 16.7 Å². The van der Waals surface area contributed by atoms with Crippen molar-refractivity contribution < 1.29 is 4.92 Å². The highest BCUT2D eigenvalue weighted by Gasteiger charge is 2.10. The second-order valence-electron chi connectivity index (χ2n) is 4.98. The van der Waals surface area contributed by atoms with E-state index in [9.17, 15) is 10.1 Å². The van der Waals surface area contributed by atoms with Gasteiger partial charge in [-0.25, -0.2) is 0 Å². The molecule has 0 unspecified atom stereocenters. The average Bonchev–Trinajstić information content (AvgIpc) is 2.37. The van der Waals surface area contributed by atoms with E-state index < -0.39 is 0 Å². The molecule has 2 rings (SSSR count). The fraction of sp³-hybridized carbons (Fsp3) is 0.250. The summed E-state index contributed by atoms with van der Waals surface area (Å²) in [5.74, 6) is 0. The summed E-state index contributed by atoms with van der Waals surface area (Å²) in [5, 5.41) is 14.1. The zero-order valence-corrected chi connectivity index (χ0v) is 11.9. The number of nitrogens with one attached hydrogen (secondary N) is 1. The maximum atomic E-state index is 10.8. The van der Waals surface area contributed by atoms with Crippen LogP contribution >= 0.6 is 0 Å². The van der Waals surface area contributed by atoms with E-state index in [0.29, 0.717) is 5.56 Å². The Kier molecular flexibility index (Phi) is 4.03. The van der Waals surface area contributed by atoms with Crippen molar-refractivity contribution in [1.29, 1.82) is 0 Å². The maximum Gasteiger partial charge on any atom is 0.272 e. The number of nitro groups is 1. The Morgan fingerprint density at radius 2 is 1.70 bits per heavy atom. The molecule has 2 aromatic rings. The van der Waals surface area contributed by atoms with Crippen molar-refractivity contribution in [2.45, 2.75) is 27.3 Å². The van der Waals surface area contributed by atoms with Crippen LogP contribution in [-0.4, -0.2) is 4.92 Å². The van der Waals surface area contributed by atoms with E-state index in [1.807, 2.05) is 12.1 Å². The topological polar surface area (TPSA) is 55.2 Å². The molecule has 4 nitrogen and oxygen atoms in total. The SMILES string of the molecule is Cc1cc(NCc2c(C)cccc2C)ccc1[N+](=O)[O-]. The molecule has 20 heavy (non-hydrogen) atoms. The first-order valence-electron chi connectivity index (χ1n) is 6.53. The molecule has 0 aliphatic heterocycles. The van der Waals surface area contributed by atoms with Gasteiger partial charge in [-0.2, -0.15) is 0 Å². The molecule has 0 saturated heterocycles. The Balaban J connectivity index is 2.16. The Labute approximate surface area is 118 Å². The van der Waals surface area contributed by atoms with Crippen molar-refractivity contribution in [3.63, 3.8) is 0 Å². The lowest BCUT2D eigenvalue weighted by molar-refractivity contribution is -0.385. The van der Waals surface area contributed by atoms with Crippen molar-refractivity contribution in [1.82, 2.24) is 0 Å². The normalized spacial score (nSPS) is 10.3. The van der Waals surface area contributed by atoms with Crippen molar-refractivity contribution in [2.75, 3.05) is 5.32 Å². The van der Waals surface area contributed by atoms with E-state index in [0.717, 1.165) is 12.2 Å². The van der Waals surface area contributed by atoms with E-state index in [2.05, 4.69) is 31.3 Å². The van der Waals surface area contributed by atoms with E-state index in [-0.39, 0.29) is 10.6 Å². The van der Waals surface area contributed by atoms with E-state index in [1.54, 1.807) is 19.1 Å². The summed E-state index contributed by atoms with van der Waals surface area (Å²) in [6.45, 7) is 6.65. The second kappa shape index (κ2) is 5.74. The van der Waals surface area contributed by atoms with Gasteiger partial charge in [-0.1, -0.05) is 18.2 Å². The van der Waals surface area contributed by atoms with Crippen LogP contribution in [0.2, 0.25) is 0 Å². The minimum Gasteiger partial charge on any atom is -0.381 e. The van der Waals surface area contributed by atoms with Gasteiger partial charge < -0.3 is 5.32 Å². The van der Waals surface area contributed by atoms with Crippen molar-refractivity contribution in [3.8, 4) is 0 Å². The number of hydrogen-bond donors (Lipinski definition) is 1. The molecule has 0 radical (unpaired) electrons. The lowest BCUT2D eigenvalue weighted by Gasteiger charge is -2.12. The molecule has 0 aliphatic rings. The third kappa shape index (κ3) is 2.96. The first kappa shape index (κ1) is 14.1. The monoisotopic (exact) mass is 270 g/mol. The number of nitrogens with zero attached hydrogens (tertiary/aromatic N) is 1. The summed E-state index contributed by atoms with van der Waals surface area (Å²) < 4.78 is 0. The number of hydrogen-bond acceptors (Lipinski definition) is 3. The van der Waals surface area contributed by atoms with Crippen LogP contribution in [0.1, 0.15) is 22.3 Å². The largest absolute Gasteiger partial charge is 0.381 e. The van der Waals surface area contributed by atoms with Gasteiger partial charge in [-0.05, 0) is 49.6 Å². The van der Waals surface area contributed by atoms with Crippen LogP contribution in [0.5, 0.6) is 0 Å². The lowest BCUT2D eigenvalue weighted by Crippen LogP contribution is -2.04.